The van der Waals surface area contributed by atoms with Crippen LogP contribution < -0.4 is 10.2 Å². The van der Waals surface area contributed by atoms with E-state index in [2.05, 4.69) is 27.1 Å². The van der Waals surface area contributed by atoms with Crippen LogP contribution in [0.3, 0.4) is 0 Å². The highest BCUT2D eigenvalue weighted by Crippen LogP contribution is 2.19. The molecule has 1 aromatic carbocycles. The van der Waals surface area contributed by atoms with Crippen LogP contribution in [-0.2, 0) is 16.1 Å². The van der Waals surface area contributed by atoms with E-state index in [9.17, 15) is 9.59 Å². The molecule has 2 amide bonds. The van der Waals surface area contributed by atoms with Crippen molar-refractivity contribution in [3.63, 3.8) is 0 Å². The first kappa shape index (κ1) is 19.8. The van der Waals surface area contributed by atoms with E-state index in [0.717, 1.165) is 43.2 Å². The van der Waals surface area contributed by atoms with Gasteiger partial charge >= 0.3 is 0 Å². The van der Waals surface area contributed by atoms with Crippen LogP contribution in [0, 0.1) is 0 Å². The minimum absolute atomic E-state index is 0.00782. The number of anilines is 2. The second-order valence-electron chi connectivity index (χ2n) is 7.08. The fourth-order valence-corrected chi connectivity index (χ4v) is 3.16. The van der Waals surface area contributed by atoms with Crippen molar-refractivity contribution >= 4 is 23.2 Å². The molecule has 0 unspecified atom stereocenters. The van der Waals surface area contributed by atoms with Crippen molar-refractivity contribution in [1.29, 1.82) is 0 Å². The van der Waals surface area contributed by atoms with Crippen LogP contribution in [-0.4, -0.2) is 66.4 Å². The molecular weight excluding hydrogens is 354 g/mol. The van der Waals surface area contributed by atoms with Crippen LogP contribution in [0.15, 0.2) is 48.7 Å². The molecule has 7 heteroatoms. The Morgan fingerprint density at radius 2 is 1.79 bits per heavy atom. The lowest BCUT2D eigenvalue weighted by Crippen LogP contribution is -2.44. The maximum absolute atomic E-state index is 12.4. The number of amides is 2. The van der Waals surface area contributed by atoms with Crippen molar-refractivity contribution in [3.05, 3.63) is 54.4 Å². The molecular formula is C21H27N5O2. The summed E-state index contributed by atoms with van der Waals surface area (Å²) in [7, 11) is 2.13. The number of benzene rings is 1. The SMILES string of the molecule is CC(=O)N(CC(=O)Nc1ccc(N2CCN(C)CC2)cc1)Cc1ccccn1. The second kappa shape index (κ2) is 9.32. The van der Waals surface area contributed by atoms with E-state index in [0.29, 0.717) is 6.54 Å². The molecule has 1 saturated heterocycles. The van der Waals surface area contributed by atoms with Crippen LogP contribution in [0.5, 0.6) is 0 Å². The van der Waals surface area contributed by atoms with Crippen molar-refractivity contribution in [3.8, 4) is 0 Å². The zero-order chi connectivity index (χ0) is 19.9. The summed E-state index contributed by atoms with van der Waals surface area (Å²) in [6.45, 7) is 5.87. The van der Waals surface area contributed by atoms with Gasteiger partial charge in [0.1, 0.15) is 6.54 Å². The van der Waals surface area contributed by atoms with Gasteiger partial charge in [0.15, 0.2) is 0 Å². The Morgan fingerprint density at radius 3 is 2.39 bits per heavy atom. The number of pyridine rings is 1. The van der Waals surface area contributed by atoms with Gasteiger partial charge in [0.25, 0.3) is 0 Å². The van der Waals surface area contributed by atoms with Gasteiger partial charge in [-0.05, 0) is 43.4 Å². The molecule has 0 radical (unpaired) electrons. The van der Waals surface area contributed by atoms with E-state index in [4.69, 9.17) is 0 Å². The molecule has 148 valence electrons. The number of aromatic nitrogens is 1. The van der Waals surface area contributed by atoms with Gasteiger partial charge in [0.2, 0.25) is 11.8 Å². The summed E-state index contributed by atoms with van der Waals surface area (Å²) in [6.07, 6.45) is 1.68. The van der Waals surface area contributed by atoms with Gasteiger partial charge in [-0.2, -0.15) is 0 Å². The van der Waals surface area contributed by atoms with E-state index in [1.807, 2.05) is 42.5 Å². The van der Waals surface area contributed by atoms with Gasteiger partial charge in [0.05, 0.1) is 12.2 Å². The normalized spacial score (nSPS) is 14.6. The molecule has 1 aromatic heterocycles. The van der Waals surface area contributed by atoms with Crippen molar-refractivity contribution in [2.45, 2.75) is 13.5 Å². The first-order chi connectivity index (χ1) is 13.5. The van der Waals surface area contributed by atoms with Crippen molar-refractivity contribution in [1.82, 2.24) is 14.8 Å². The number of nitrogens with one attached hydrogen (secondary N) is 1. The summed E-state index contributed by atoms with van der Waals surface area (Å²) in [4.78, 5) is 34.6. The summed E-state index contributed by atoms with van der Waals surface area (Å²) < 4.78 is 0. The molecule has 7 nitrogen and oxygen atoms in total. The lowest BCUT2D eigenvalue weighted by atomic mass is 10.2. The third-order valence-electron chi connectivity index (χ3n) is 4.88. The average molecular weight is 381 g/mol. The van der Waals surface area contributed by atoms with E-state index >= 15 is 0 Å². The molecule has 28 heavy (non-hydrogen) atoms. The topological polar surface area (TPSA) is 68.8 Å². The van der Waals surface area contributed by atoms with Crippen molar-refractivity contribution in [2.75, 3.05) is 50.0 Å². The quantitative estimate of drug-likeness (QED) is 0.827. The molecule has 0 atom stereocenters. The predicted molar refractivity (Wildman–Crippen MR) is 110 cm³/mol. The van der Waals surface area contributed by atoms with E-state index in [1.165, 1.54) is 11.8 Å². The summed E-state index contributed by atoms with van der Waals surface area (Å²) >= 11 is 0. The maximum Gasteiger partial charge on any atom is 0.244 e. The maximum atomic E-state index is 12.4. The number of piperazine rings is 1. The fourth-order valence-electron chi connectivity index (χ4n) is 3.16. The largest absolute Gasteiger partial charge is 0.369 e. The molecule has 0 aliphatic carbocycles. The Morgan fingerprint density at radius 1 is 1.07 bits per heavy atom. The molecule has 1 N–H and O–H groups in total. The molecule has 1 fully saturated rings. The lowest BCUT2D eigenvalue weighted by molar-refractivity contribution is -0.133. The number of hydrogen-bond acceptors (Lipinski definition) is 5. The van der Waals surface area contributed by atoms with Crippen LogP contribution in [0.2, 0.25) is 0 Å². The number of nitrogens with zero attached hydrogens (tertiary/aromatic N) is 4. The van der Waals surface area contributed by atoms with Gasteiger partial charge in [-0.25, -0.2) is 0 Å². The van der Waals surface area contributed by atoms with Gasteiger partial charge < -0.3 is 20.0 Å². The summed E-state index contributed by atoms with van der Waals surface area (Å²) in [5, 5.41) is 2.87. The molecule has 0 bridgehead atoms. The summed E-state index contributed by atoms with van der Waals surface area (Å²) in [5.41, 5.74) is 2.64. The first-order valence-corrected chi connectivity index (χ1v) is 9.50. The number of rotatable bonds is 6. The smallest absolute Gasteiger partial charge is 0.244 e. The Bertz CT molecular complexity index is 786. The Kier molecular flexibility index (Phi) is 6.60. The Labute approximate surface area is 166 Å². The van der Waals surface area contributed by atoms with Crippen LogP contribution in [0.25, 0.3) is 0 Å². The van der Waals surface area contributed by atoms with E-state index in [-0.39, 0.29) is 18.4 Å². The highest BCUT2D eigenvalue weighted by Gasteiger charge is 2.16. The van der Waals surface area contributed by atoms with Gasteiger partial charge in [-0.1, -0.05) is 6.07 Å². The molecule has 2 heterocycles. The number of carbonyl (C=O) groups is 2. The lowest BCUT2D eigenvalue weighted by Gasteiger charge is -2.34. The highest BCUT2D eigenvalue weighted by atomic mass is 16.2. The summed E-state index contributed by atoms with van der Waals surface area (Å²) in [6, 6.07) is 13.4. The molecule has 0 saturated carbocycles. The van der Waals surface area contributed by atoms with Crippen LogP contribution in [0.1, 0.15) is 12.6 Å². The Hall–Kier alpha value is -2.93. The molecule has 3 rings (SSSR count). The van der Waals surface area contributed by atoms with E-state index < -0.39 is 0 Å². The zero-order valence-electron chi connectivity index (χ0n) is 16.5. The molecule has 2 aromatic rings. The third kappa shape index (κ3) is 5.53. The number of hydrogen-bond donors (Lipinski definition) is 1. The average Bonchev–Trinajstić information content (AvgIpc) is 2.69. The predicted octanol–water partition coefficient (Wildman–Crippen LogP) is 1.82. The summed E-state index contributed by atoms with van der Waals surface area (Å²) in [5.74, 6) is -0.385. The Balaban J connectivity index is 1.55. The van der Waals surface area contributed by atoms with Crippen LogP contribution >= 0.6 is 0 Å². The minimum atomic E-state index is -0.224. The zero-order valence-corrected chi connectivity index (χ0v) is 16.5. The van der Waals surface area contributed by atoms with Gasteiger partial charge in [-0.3, -0.25) is 14.6 Å². The van der Waals surface area contributed by atoms with Crippen molar-refractivity contribution < 1.29 is 9.59 Å². The van der Waals surface area contributed by atoms with Gasteiger partial charge in [-0.15, -0.1) is 0 Å². The third-order valence-corrected chi connectivity index (χ3v) is 4.88. The number of likely N-dealkylation sites (N-methyl/N-ethyl adjacent to an activating group) is 1. The molecule has 1 aliphatic heterocycles. The highest BCUT2D eigenvalue weighted by molar-refractivity contribution is 5.94. The van der Waals surface area contributed by atoms with Gasteiger partial charge in [0, 0.05) is 50.7 Å². The van der Waals surface area contributed by atoms with Crippen molar-refractivity contribution in [2.24, 2.45) is 0 Å². The number of carbonyl (C=O) groups excluding carboxylic acids is 2. The monoisotopic (exact) mass is 381 g/mol. The standard InChI is InChI=1S/C21H27N5O2/c1-17(27)26(15-19-5-3-4-10-22-19)16-21(28)23-18-6-8-20(9-7-18)25-13-11-24(2)12-14-25/h3-10H,11-16H2,1-2H3,(H,23,28). The first-order valence-electron chi connectivity index (χ1n) is 9.50. The second-order valence-corrected chi connectivity index (χ2v) is 7.08. The molecule has 0 spiro atoms. The minimum Gasteiger partial charge on any atom is -0.369 e. The fraction of sp³-hybridized carbons (Fsp3) is 0.381. The molecule has 1 aliphatic rings. The van der Waals surface area contributed by atoms with E-state index in [1.54, 1.807) is 6.20 Å². The van der Waals surface area contributed by atoms with Crippen LogP contribution in [0.4, 0.5) is 11.4 Å².